The Labute approximate surface area is 158 Å². The van der Waals surface area contributed by atoms with Gasteiger partial charge in [-0.3, -0.25) is 9.88 Å². The molecule has 2 N–H and O–H groups in total. The molecule has 4 rings (SSSR count). The molecule has 3 heterocycles. The molecule has 0 bridgehead atoms. The molecule has 1 aliphatic heterocycles. The van der Waals surface area contributed by atoms with Gasteiger partial charge in [0.2, 0.25) is 5.88 Å². The molecule has 138 valence electrons. The maximum atomic E-state index is 6.29. The molecular formula is C20H22N6O. The number of piperazine rings is 1. The molecule has 7 nitrogen and oxygen atoms in total. The lowest BCUT2D eigenvalue weighted by Crippen LogP contribution is -2.46. The number of rotatable bonds is 5. The number of ether oxygens (including phenoxy) is 1. The largest absolute Gasteiger partial charge is 0.435 e. The Balaban J connectivity index is 1.41. The van der Waals surface area contributed by atoms with E-state index >= 15 is 0 Å². The van der Waals surface area contributed by atoms with E-state index in [0.29, 0.717) is 17.3 Å². The minimum Gasteiger partial charge on any atom is -0.435 e. The van der Waals surface area contributed by atoms with Crippen molar-refractivity contribution in [1.29, 1.82) is 0 Å². The van der Waals surface area contributed by atoms with E-state index in [9.17, 15) is 0 Å². The van der Waals surface area contributed by atoms with Crippen LogP contribution in [-0.4, -0.2) is 46.0 Å². The van der Waals surface area contributed by atoms with Crippen molar-refractivity contribution in [3.63, 3.8) is 0 Å². The van der Waals surface area contributed by atoms with Crippen molar-refractivity contribution in [3.8, 4) is 11.6 Å². The van der Waals surface area contributed by atoms with Gasteiger partial charge in [-0.25, -0.2) is 4.98 Å². The lowest BCUT2D eigenvalue weighted by atomic mass is 10.2. The summed E-state index contributed by atoms with van der Waals surface area (Å²) < 4.78 is 5.77. The molecule has 0 unspecified atom stereocenters. The third kappa shape index (κ3) is 4.15. The number of anilines is 2. The van der Waals surface area contributed by atoms with Crippen molar-refractivity contribution >= 4 is 11.5 Å². The Kier molecular flexibility index (Phi) is 5.11. The van der Waals surface area contributed by atoms with Crippen LogP contribution in [0.15, 0.2) is 61.2 Å². The molecule has 0 amide bonds. The van der Waals surface area contributed by atoms with Crippen LogP contribution in [0.1, 0.15) is 5.56 Å². The van der Waals surface area contributed by atoms with Gasteiger partial charge in [0.05, 0.1) is 6.20 Å². The second kappa shape index (κ2) is 8.01. The highest BCUT2D eigenvalue weighted by molar-refractivity contribution is 5.68. The Bertz CT molecular complexity index is 866. The molecule has 0 aliphatic carbocycles. The van der Waals surface area contributed by atoms with Crippen molar-refractivity contribution < 1.29 is 4.74 Å². The van der Waals surface area contributed by atoms with E-state index in [-0.39, 0.29) is 0 Å². The summed E-state index contributed by atoms with van der Waals surface area (Å²) >= 11 is 0. The summed E-state index contributed by atoms with van der Waals surface area (Å²) in [5, 5.41) is 0. The number of nitrogens with zero attached hydrogens (tertiary/aromatic N) is 5. The number of pyridine rings is 1. The van der Waals surface area contributed by atoms with Crippen molar-refractivity contribution in [2.24, 2.45) is 0 Å². The Morgan fingerprint density at radius 3 is 2.52 bits per heavy atom. The van der Waals surface area contributed by atoms with Gasteiger partial charge in [-0.05, 0) is 17.7 Å². The molecule has 1 aromatic carbocycles. The van der Waals surface area contributed by atoms with Crippen LogP contribution < -0.4 is 15.4 Å². The number of nitrogen functional groups attached to an aromatic ring is 1. The van der Waals surface area contributed by atoms with Gasteiger partial charge in [0, 0.05) is 38.9 Å². The predicted molar refractivity (Wildman–Crippen MR) is 105 cm³/mol. The minimum atomic E-state index is 0.361. The van der Waals surface area contributed by atoms with Crippen LogP contribution in [-0.2, 0) is 6.54 Å². The van der Waals surface area contributed by atoms with Crippen molar-refractivity contribution in [3.05, 3.63) is 66.7 Å². The van der Waals surface area contributed by atoms with Crippen LogP contribution in [0.25, 0.3) is 0 Å². The molecule has 0 saturated carbocycles. The molecule has 7 heteroatoms. The Morgan fingerprint density at radius 2 is 1.78 bits per heavy atom. The third-order valence-corrected chi connectivity index (χ3v) is 4.60. The fourth-order valence-corrected chi connectivity index (χ4v) is 3.18. The van der Waals surface area contributed by atoms with E-state index in [4.69, 9.17) is 10.5 Å². The predicted octanol–water partition coefficient (Wildman–Crippen LogP) is 2.57. The summed E-state index contributed by atoms with van der Waals surface area (Å²) in [4.78, 5) is 17.2. The first-order valence-corrected chi connectivity index (χ1v) is 8.99. The molecule has 0 spiro atoms. The van der Waals surface area contributed by atoms with E-state index in [2.05, 4.69) is 49.0 Å². The summed E-state index contributed by atoms with van der Waals surface area (Å²) in [7, 11) is 0. The van der Waals surface area contributed by atoms with Crippen LogP contribution in [0, 0.1) is 0 Å². The fraction of sp³-hybridized carbons (Fsp3) is 0.250. The molecule has 3 aromatic rings. The molecule has 1 aliphatic rings. The molecular weight excluding hydrogens is 340 g/mol. The molecule has 0 atom stereocenters. The monoisotopic (exact) mass is 362 g/mol. The van der Waals surface area contributed by atoms with E-state index in [1.807, 2.05) is 12.1 Å². The zero-order valence-corrected chi connectivity index (χ0v) is 15.0. The quantitative estimate of drug-likeness (QED) is 0.747. The molecule has 1 saturated heterocycles. The fourth-order valence-electron chi connectivity index (χ4n) is 3.18. The summed E-state index contributed by atoms with van der Waals surface area (Å²) in [5.41, 5.74) is 8.08. The van der Waals surface area contributed by atoms with E-state index in [1.165, 1.54) is 11.9 Å². The highest BCUT2D eigenvalue weighted by atomic mass is 16.5. The highest BCUT2D eigenvalue weighted by Gasteiger charge is 2.22. The van der Waals surface area contributed by atoms with E-state index in [0.717, 1.165) is 38.5 Å². The van der Waals surface area contributed by atoms with Gasteiger partial charge < -0.3 is 15.4 Å². The summed E-state index contributed by atoms with van der Waals surface area (Å²) in [6.07, 6.45) is 4.81. The minimum absolute atomic E-state index is 0.361. The number of hydrogen-bond donors (Lipinski definition) is 1. The first kappa shape index (κ1) is 17.2. The van der Waals surface area contributed by atoms with Crippen LogP contribution in [0.3, 0.4) is 0 Å². The lowest BCUT2D eigenvalue weighted by molar-refractivity contribution is 0.249. The number of nitrogens with two attached hydrogens (primary N) is 1. The number of benzene rings is 1. The van der Waals surface area contributed by atoms with Crippen molar-refractivity contribution in [2.45, 2.75) is 6.54 Å². The van der Waals surface area contributed by atoms with Gasteiger partial charge in [-0.2, -0.15) is 4.98 Å². The zero-order chi connectivity index (χ0) is 18.5. The summed E-state index contributed by atoms with van der Waals surface area (Å²) in [6, 6.07) is 14.2. The van der Waals surface area contributed by atoms with Crippen LogP contribution in [0.4, 0.5) is 11.5 Å². The van der Waals surface area contributed by atoms with Gasteiger partial charge in [-0.1, -0.05) is 30.3 Å². The van der Waals surface area contributed by atoms with Crippen molar-refractivity contribution in [1.82, 2.24) is 19.9 Å². The average Bonchev–Trinajstić information content (AvgIpc) is 2.72. The first-order chi connectivity index (χ1) is 13.3. The second-order valence-electron chi connectivity index (χ2n) is 6.46. The maximum absolute atomic E-state index is 6.29. The van der Waals surface area contributed by atoms with E-state index in [1.54, 1.807) is 18.5 Å². The second-order valence-corrected chi connectivity index (χ2v) is 6.46. The van der Waals surface area contributed by atoms with Crippen LogP contribution >= 0.6 is 0 Å². The SMILES string of the molecule is Nc1c(Oc2cccnc2)ncnc1N1CCN(Cc2ccccc2)CC1. The molecule has 27 heavy (non-hydrogen) atoms. The number of hydrogen-bond acceptors (Lipinski definition) is 7. The average molecular weight is 362 g/mol. The Hall–Kier alpha value is -3.19. The zero-order valence-electron chi connectivity index (χ0n) is 15.0. The highest BCUT2D eigenvalue weighted by Crippen LogP contribution is 2.31. The smallest absolute Gasteiger partial charge is 0.248 e. The maximum Gasteiger partial charge on any atom is 0.248 e. The Morgan fingerprint density at radius 1 is 0.963 bits per heavy atom. The van der Waals surface area contributed by atoms with Gasteiger partial charge in [0.15, 0.2) is 5.82 Å². The summed E-state index contributed by atoms with van der Waals surface area (Å²) in [6.45, 7) is 4.60. The molecule has 0 radical (unpaired) electrons. The van der Waals surface area contributed by atoms with Crippen molar-refractivity contribution in [2.75, 3.05) is 36.8 Å². The molecule has 2 aromatic heterocycles. The van der Waals surface area contributed by atoms with Gasteiger partial charge >= 0.3 is 0 Å². The first-order valence-electron chi connectivity index (χ1n) is 8.99. The van der Waals surface area contributed by atoms with Gasteiger partial charge in [0.1, 0.15) is 17.8 Å². The van der Waals surface area contributed by atoms with Gasteiger partial charge in [0.25, 0.3) is 0 Å². The van der Waals surface area contributed by atoms with Crippen LogP contribution in [0.2, 0.25) is 0 Å². The molecule has 1 fully saturated rings. The topological polar surface area (TPSA) is 80.4 Å². The van der Waals surface area contributed by atoms with E-state index < -0.39 is 0 Å². The third-order valence-electron chi connectivity index (χ3n) is 4.60. The number of aromatic nitrogens is 3. The van der Waals surface area contributed by atoms with Gasteiger partial charge in [-0.15, -0.1) is 0 Å². The summed E-state index contributed by atoms with van der Waals surface area (Å²) in [5.74, 6) is 1.68. The standard InChI is InChI=1S/C20H22N6O/c21-18-19(23-15-24-20(18)27-17-7-4-8-22-13-17)26-11-9-25(10-12-26)14-16-5-2-1-3-6-16/h1-8,13,15H,9-12,14,21H2. The normalized spacial score (nSPS) is 14.9. The lowest BCUT2D eigenvalue weighted by Gasteiger charge is -2.35. The van der Waals surface area contributed by atoms with Crippen LogP contribution in [0.5, 0.6) is 11.6 Å².